The van der Waals surface area contributed by atoms with Crippen molar-refractivity contribution in [2.45, 2.75) is 274 Å². The van der Waals surface area contributed by atoms with Crippen molar-refractivity contribution in [3.05, 3.63) is 24.3 Å². The molecule has 1 amide bonds. The van der Waals surface area contributed by atoms with Gasteiger partial charge in [-0.3, -0.25) is 4.79 Å². The Morgan fingerprint density at radius 1 is 0.538 bits per heavy atom. The number of ether oxygens (including phenoxy) is 4. The van der Waals surface area contributed by atoms with Crippen molar-refractivity contribution in [1.29, 1.82) is 0 Å². The quantitative estimate of drug-likeness (QED) is 0.0225. The molecule has 9 N–H and O–H groups in total. The van der Waals surface area contributed by atoms with E-state index in [4.69, 9.17) is 18.9 Å². The van der Waals surface area contributed by atoms with Crippen molar-refractivity contribution >= 4 is 5.91 Å². The topological polar surface area (TPSA) is 228 Å². The monoisotopic (exact) mass is 930 g/mol. The van der Waals surface area contributed by atoms with E-state index in [0.717, 1.165) is 32.1 Å². The average molecular weight is 930 g/mol. The Balaban J connectivity index is 1.85. The number of amides is 1. The van der Waals surface area contributed by atoms with Gasteiger partial charge >= 0.3 is 0 Å². The molecule has 0 saturated carbocycles. The fourth-order valence-electron chi connectivity index (χ4n) is 8.60. The number of hydrogen-bond acceptors (Lipinski definition) is 13. The van der Waals surface area contributed by atoms with Crippen LogP contribution in [0.1, 0.15) is 200 Å². The summed E-state index contributed by atoms with van der Waals surface area (Å²) in [5, 5.41) is 86.7. The first-order chi connectivity index (χ1) is 31.6. The van der Waals surface area contributed by atoms with Crippen LogP contribution in [-0.2, 0) is 23.7 Å². The molecule has 2 rings (SSSR count). The van der Waals surface area contributed by atoms with Gasteiger partial charge in [-0.15, -0.1) is 0 Å². The zero-order valence-corrected chi connectivity index (χ0v) is 40.5. The minimum absolute atomic E-state index is 0.248. The molecule has 0 bridgehead atoms. The minimum Gasteiger partial charge on any atom is -0.394 e. The van der Waals surface area contributed by atoms with Crippen LogP contribution in [0.4, 0.5) is 0 Å². The number of allylic oxidation sites excluding steroid dienone is 3. The first kappa shape index (κ1) is 59.6. The number of rotatable bonds is 40. The Kier molecular flexibility index (Phi) is 35.1. The molecule has 0 aromatic heterocycles. The number of carbonyl (C=O) groups is 1. The highest BCUT2D eigenvalue weighted by Gasteiger charge is 2.51. The lowest BCUT2D eigenvalue weighted by Crippen LogP contribution is -2.65. The summed E-state index contributed by atoms with van der Waals surface area (Å²) in [7, 11) is 0. The molecule has 382 valence electrons. The van der Waals surface area contributed by atoms with Crippen LogP contribution in [0.25, 0.3) is 0 Å². The molecule has 12 unspecified atom stereocenters. The fraction of sp³-hybridized carbons (Fsp3) is 0.902. The largest absolute Gasteiger partial charge is 0.394 e. The van der Waals surface area contributed by atoms with Gasteiger partial charge in [0.05, 0.1) is 32.0 Å². The molecule has 0 spiro atoms. The first-order valence-electron chi connectivity index (χ1n) is 26.1. The molecule has 2 saturated heterocycles. The second kappa shape index (κ2) is 38.3. The molecule has 0 aromatic carbocycles. The van der Waals surface area contributed by atoms with Crippen molar-refractivity contribution in [1.82, 2.24) is 5.32 Å². The highest BCUT2D eigenvalue weighted by molar-refractivity contribution is 5.76. The average Bonchev–Trinajstić information content (AvgIpc) is 3.30. The maximum atomic E-state index is 13.2. The number of carbonyl (C=O) groups excluding carboxylic acids is 1. The summed E-state index contributed by atoms with van der Waals surface area (Å²) in [5.74, 6) is -0.248. The Bertz CT molecular complexity index is 1190. The number of unbranched alkanes of at least 4 members (excludes halogenated alkanes) is 25. The molecule has 0 radical (unpaired) electrons. The normalized spacial score (nSPS) is 27.2. The van der Waals surface area contributed by atoms with Gasteiger partial charge in [-0.05, 0) is 32.1 Å². The van der Waals surface area contributed by atoms with Crippen molar-refractivity contribution in [2.75, 3.05) is 19.8 Å². The molecule has 12 atom stereocenters. The zero-order chi connectivity index (χ0) is 47.5. The van der Waals surface area contributed by atoms with Crippen LogP contribution in [-0.4, -0.2) is 140 Å². The molecule has 0 aliphatic carbocycles. The van der Waals surface area contributed by atoms with E-state index < -0.39 is 86.8 Å². The van der Waals surface area contributed by atoms with Gasteiger partial charge in [0, 0.05) is 6.42 Å². The summed E-state index contributed by atoms with van der Waals surface area (Å²) in [6.45, 7) is 2.77. The Morgan fingerprint density at radius 2 is 0.985 bits per heavy atom. The molecule has 14 nitrogen and oxygen atoms in total. The van der Waals surface area contributed by atoms with E-state index in [2.05, 4.69) is 31.3 Å². The van der Waals surface area contributed by atoms with Gasteiger partial charge in [-0.2, -0.15) is 0 Å². The van der Waals surface area contributed by atoms with E-state index in [9.17, 15) is 45.6 Å². The van der Waals surface area contributed by atoms with E-state index in [1.807, 2.05) is 6.08 Å². The Hall–Kier alpha value is -1.53. The second-order valence-corrected chi connectivity index (χ2v) is 18.6. The van der Waals surface area contributed by atoms with Gasteiger partial charge in [0.2, 0.25) is 5.91 Å². The molecule has 65 heavy (non-hydrogen) atoms. The van der Waals surface area contributed by atoms with Crippen LogP contribution in [0.15, 0.2) is 24.3 Å². The van der Waals surface area contributed by atoms with Gasteiger partial charge in [-0.25, -0.2) is 0 Å². The maximum absolute atomic E-state index is 13.2. The van der Waals surface area contributed by atoms with Crippen LogP contribution in [0.5, 0.6) is 0 Å². The summed E-state index contributed by atoms with van der Waals surface area (Å²) >= 11 is 0. The van der Waals surface area contributed by atoms with E-state index in [0.29, 0.717) is 12.8 Å². The maximum Gasteiger partial charge on any atom is 0.220 e. The second-order valence-electron chi connectivity index (χ2n) is 18.6. The molecule has 2 aliphatic heterocycles. The third-order valence-corrected chi connectivity index (χ3v) is 12.9. The minimum atomic E-state index is -1.79. The molecular formula is C51H95NO13. The summed E-state index contributed by atoms with van der Waals surface area (Å²) in [4.78, 5) is 13.2. The predicted octanol–water partition coefficient (Wildman–Crippen LogP) is 6.94. The summed E-state index contributed by atoms with van der Waals surface area (Å²) < 4.78 is 22.7. The van der Waals surface area contributed by atoms with Gasteiger partial charge < -0.3 is 65.1 Å². The van der Waals surface area contributed by atoms with Crippen molar-refractivity contribution < 1.29 is 64.6 Å². The zero-order valence-electron chi connectivity index (χ0n) is 40.5. The third kappa shape index (κ3) is 25.6. The third-order valence-electron chi connectivity index (χ3n) is 12.9. The lowest BCUT2D eigenvalue weighted by molar-refractivity contribution is -0.359. The summed E-state index contributed by atoms with van der Waals surface area (Å²) in [5.41, 5.74) is 0. The Labute approximate surface area is 392 Å². The highest BCUT2D eigenvalue weighted by atomic mass is 16.7. The van der Waals surface area contributed by atoms with Gasteiger partial charge in [0.15, 0.2) is 12.6 Å². The van der Waals surface area contributed by atoms with Gasteiger partial charge in [0.1, 0.15) is 48.8 Å². The SMILES string of the molecule is CCCCCCCCCC/C=C/CC/C=C/C(O)C(COC1OC(CO)C(OC2OC(CO)C(O)C(O)C2O)C(O)C1O)NC(=O)CCCCCCCCCCCCCCCCCCC. The van der Waals surface area contributed by atoms with Gasteiger partial charge in [-0.1, -0.05) is 186 Å². The first-order valence-corrected chi connectivity index (χ1v) is 26.1. The summed E-state index contributed by atoms with van der Waals surface area (Å²) in [6, 6.07) is -0.925. The lowest BCUT2D eigenvalue weighted by atomic mass is 9.97. The molecule has 2 aliphatic rings. The van der Waals surface area contributed by atoms with Crippen molar-refractivity contribution in [3.63, 3.8) is 0 Å². The van der Waals surface area contributed by atoms with Crippen LogP contribution in [0.2, 0.25) is 0 Å². The molecule has 2 fully saturated rings. The number of aliphatic hydroxyl groups is 8. The van der Waals surface area contributed by atoms with E-state index >= 15 is 0 Å². The van der Waals surface area contributed by atoms with Crippen LogP contribution >= 0.6 is 0 Å². The Morgan fingerprint density at radius 3 is 1.51 bits per heavy atom. The molecule has 2 heterocycles. The lowest BCUT2D eigenvalue weighted by Gasteiger charge is -2.46. The van der Waals surface area contributed by atoms with Gasteiger partial charge in [0.25, 0.3) is 0 Å². The van der Waals surface area contributed by atoms with Crippen LogP contribution < -0.4 is 5.32 Å². The standard InChI is InChI=1S/C51H95NO13/c1-3-5-7-9-11-13-15-17-19-20-21-23-25-27-29-31-33-35-43(56)52-39(40(55)34-32-30-28-26-24-22-18-16-14-12-10-8-6-4-2)38-62-50-48(61)46(59)49(42(37-54)64-50)65-51-47(60)45(58)44(57)41(36-53)63-51/h24,26,32,34,39-42,44-51,53-55,57-61H,3-23,25,27-31,33,35-38H2,1-2H3,(H,52,56)/b26-24+,34-32+. The van der Waals surface area contributed by atoms with E-state index in [1.165, 1.54) is 135 Å². The van der Waals surface area contributed by atoms with E-state index in [1.54, 1.807) is 6.08 Å². The smallest absolute Gasteiger partial charge is 0.220 e. The number of aliphatic hydroxyl groups excluding tert-OH is 8. The van der Waals surface area contributed by atoms with E-state index in [-0.39, 0.29) is 18.9 Å². The predicted molar refractivity (Wildman–Crippen MR) is 254 cm³/mol. The molecule has 0 aromatic rings. The van der Waals surface area contributed by atoms with Crippen molar-refractivity contribution in [2.24, 2.45) is 0 Å². The fourth-order valence-corrected chi connectivity index (χ4v) is 8.60. The number of nitrogens with one attached hydrogen (secondary N) is 1. The van der Waals surface area contributed by atoms with Crippen molar-refractivity contribution in [3.8, 4) is 0 Å². The number of hydrogen-bond donors (Lipinski definition) is 9. The molecule has 14 heteroatoms. The highest BCUT2D eigenvalue weighted by Crippen LogP contribution is 2.30. The van der Waals surface area contributed by atoms with Crippen LogP contribution in [0.3, 0.4) is 0 Å². The molecular weight excluding hydrogens is 835 g/mol. The van der Waals surface area contributed by atoms with Crippen LogP contribution in [0, 0.1) is 0 Å². The summed E-state index contributed by atoms with van der Waals surface area (Å²) in [6.07, 6.45) is 25.0.